The van der Waals surface area contributed by atoms with E-state index in [9.17, 15) is 13.2 Å². The van der Waals surface area contributed by atoms with Gasteiger partial charge in [0.25, 0.3) is 15.9 Å². The molecule has 1 amide bonds. The molecule has 196 valence electrons. The van der Waals surface area contributed by atoms with Crippen molar-refractivity contribution in [3.63, 3.8) is 0 Å². The molecule has 1 fully saturated rings. The molecular weight excluding hydrogens is 514 g/mol. The first kappa shape index (κ1) is 26.7. The van der Waals surface area contributed by atoms with Gasteiger partial charge in [-0.1, -0.05) is 29.8 Å². The highest BCUT2D eigenvalue weighted by Gasteiger charge is 2.24. The summed E-state index contributed by atoms with van der Waals surface area (Å²) in [6, 6.07) is 12.1. The van der Waals surface area contributed by atoms with Gasteiger partial charge in [-0.25, -0.2) is 13.4 Å². The van der Waals surface area contributed by atoms with Crippen molar-refractivity contribution in [1.82, 2.24) is 9.88 Å². The average molecular weight is 544 g/mol. The van der Waals surface area contributed by atoms with Crippen LogP contribution in [0.3, 0.4) is 0 Å². The molecule has 11 heteroatoms. The fourth-order valence-corrected chi connectivity index (χ4v) is 5.77. The first-order valence-electron chi connectivity index (χ1n) is 11.8. The number of rotatable bonds is 7. The molecule has 37 heavy (non-hydrogen) atoms. The molecule has 1 aliphatic heterocycles. The number of carbonyl (C=O) groups is 1. The Kier molecular flexibility index (Phi) is 7.91. The van der Waals surface area contributed by atoms with Crippen LogP contribution in [0.25, 0.3) is 0 Å². The second-order valence-corrected chi connectivity index (χ2v) is 11.1. The minimum atomic E-state index is -4.08. The maximum atomic E-state index is 13.3. The number of nitrogens with zero attached hydrogens (tertiary/aromatic N) is 3. The van der Waals surface area contributed by atoms with Crippen molar-refractivity contribution in [2.45, 2.75) is 18.7 Å². The molecule has 2 N–H and O–H groups in total. The van der Waals surface area contributed by atoms with Crippen LogP contribution in [0.2, 0.25) is 5.02 Å². The Morgan fingerprint density at radius 2 is 1.73 bits per heavy atom. The van der Waals surface area contributed by atoms with Gasteiger partial charge in [0.05, 0.1) is 35.3 Å². The number of hydrogen-bond donors (Lipinski definition) is 2. The molecule has 2 heterocycles. The third-order valence-electron chi connectivity index (χ3n) is 6.34. The van der Waals surface area contributed by atoms with Gasteiger partial charge in [0.15, 0.2) is 4.90 Å². The molecule has 0 saturated carbocycles. The number of halogens is 1. The van der Waals surface area contributed by atoms with E-state index < -0.39 is 15.9 Å². The summed E-state index contributed by atoms with van der Waals surface area (Å²) in [5.41, 5.74) is 3.43. The Bertz CT molecular complexity index is 1400. The van der Waals surface area contributed by atoms with Crippen molar-refractivity contribution < 1.29 is 17.9 Å². The number of nitrogens with one attached hydrogen (secondary N) is 2. The number of benzene rings is 2. The molecule has 3 aromatic rings. The van der Waals surface area contributed by atoms with Gasteiger partial charge in [-0.05, 0) is 56.3 Å². The number of sulfonamides is 1. The van der Waals surface area contributed by atoms with E-state index in [4.69, 9.17) is 16.3 Å². The fraction of sp³-hybridized carbons (Fsp3) is 0.308. The van der Waals surface area contributed by atoms with Crippen molar-refractivity contribution in [2.24, 2.45) is 0 Å². The van der Waals surface area contributed by atoms with E-state index in [0.29, 0.717) is 10.7 Å². The van der Waals surface area contributed by atoms with Gasteiger partial charge in [0, 0.05) is 31.9 Å². The van der Waals surface area contributed by atoms with Crippen molar-refractivity contribution in [2.75, 3.05) is 55.3 Å². The molecule has 1 aliphatic rings. The van der Waals surface area contributed by atoms with Gasteiger partial charge < -0.3 is 19.9 Å². The zero-order valence-corrected chi connectivity index (χ0v) is 22.8. The SMILES string of the molecule is COc1ncc(NC(=O)c2ccc(N3CCN(C)CC3)cc2Cl)cc1S(=O)(=O)Nc1c(C)cccc1C. The van der Waals surface area contributed by atoms with Crippen LogP contribution in [0.4, 0.5) is 17.1 Å². The van der Waals surface area contributed by atoms with Crippen molar-refractivity contribution >= 4 is 44.6 Å². The maximum absolute atomic E-state index is 13.3. The van der Waals surface area contributed by atoms with Gasteiger partial charge in [-0.3, -0.25) is 9.52 Å². The lowest BCUT2D eigenvalue weighted by molar-refractivity contribution is 0.102. The summed E-state index contributed by atoms with van der Waals surface area (Å²) in [5, 5.41) is 3.01. The highest BCUT2D eigenvalue weighted by Crippen LogP contribution is 2.30. The number of likely N-dealkylation sites (N-methyl/N-ethyl adjacent to an activating group) is 1. The van der Waals surface area contributed by atoms with Crippen LogP contribution >= 0.6 is 11.6 Å². The van der Waals surface area contributed by atoms with Crippen LogP contribution < -0.4 is 19.7 Å². The quantitative estimate of drug-likeness (QED) is 0.461. The van der Waals surface area contributed by atoms with Crippen LogP contribution in [0.15, 0.2) is 53.6 Å². The minimum Gasteiger partial charge on any atom is -0.480 e. The number of carbonyl (C=O) groups excluding carboxylic acids is 1. The van der Waals surface area contributed by atoms with Crippen molar-refractivity contribution in [3.8, 4) is 5.88 Å². The lowest BCUT2D eigenvalue weighted by Crippen LogP contribution is -2.44. The van der Waals surface area contributed by atoms with E-state index in [2.05, 4.69) is 31.9 Å². The molecule has 1 aromatic heterocycles. The van der Waals surface area contributed by atoms with E-state index in [1.165, 1.54) is 19.4 Å². The number of anilines is 3. The normalized spacial score (nSPS) is 14.4. The van der Waals surface area contributed by atoms with E-state index >= 15 is 0 Å². The second kappa shape index (κ2) is 11.0. The fourth-order valence-electron chi connectivity index (χ4n) is 4.16. The zero-order valence-electron chi connectivity index (χ0n) is 21.2. The molecule has 0 aliphatic carbocycles. The summed E-state index contributed by atoms with van der Waals surface area (Å²) >= 11 is 6.47. The van der Waals surface area contributed by atoms with Crippen LogP contribution in [0.5, 0.6) is 5.88 Å². The summed E-state index contributed by atoms with van der Waals surface area (Å²) in [6.45, 7) is 7.29. The molecule has 0 atom stereocenters. The van der Waals surface area contributed by atoms with Crippen LogP contribution in [-0.2, 0) is 10.0 Å². The molecule has 4 rings (SSSR count). The first-order chi connectivity index (χ1) is 17.6. The third-order valence-corrected chi connectivity index (χ3v) is 8.00. The Balaban J connectivity index is 1.56. The van der Waals surface area contributed by atoms with Crippen LogP contribution in [0, 0.1) is 13.8 Å². The topological polar surface area (TPSA) is 104 Å². The van der Waals surface area contributed by atoms with Crippen LogP contribution in [-0.4, -0.2) is 64.5 Å². The number of hydrogen-bond acceptors (Lipinski definition) is 7. The molecule has 0 bridgehead atoms. The maximum Gasteiger partial charge on any atom is 0.267 e. The summed E-state index contributed by atoms with van der Waals surface area (Å²) in [4.78, 5) is 21.4. The van der Waals surface area contributed by atoms with Gasteiger partial charge in [-0.15, -0.1) is 0 Å². The van der Waals surface area contributed by atoms with E-state index in [0.717, 1.165) is 43.0 Å². The number of piperazine rings is 1. The monoisotopic (exact) mass is 543 g/mol. The van der Waals surface area contributed by atoms with Gasteiger partial charge in [0.2, 0.25) is 5.88 Å². The summed E-state index contributed by atoms with van der Waals surface area (Å²) in [5.74, 6) is -0.570. The molecule has 9 nitrogen and oxygen atoms in total. The number of amides is 1. The smallest absolute Gasteiger partial charge is 0.267 e. The zero-order chi connectivity index (χ0) is 26.7. The average Bonchev–Trinajstić information content (AvgIpc) is 2.86. The summed E-state index contributed by atoms with van der Waals surface area (Å²) < 4.78 is 34.4. The lowest BCUT2D eigenvalue weighted by Gasteiger charge is -2.34. The van der Waals surface area contributed by atoms with Crippen molar-refractivity contribution in [3.05, 3.63) is 70.4 Å². The number of methoxy groups -OCH3 is 1. The van der Waals surface area contributed by atoms with Gasteiger partial charge >= 0.3 is 0 Å². The Labute approximate surface area is 222 Å². The highest BCUT2D eigenvalue weighted by atomic mass is 35.5. The largest absolute Gasteiger partial charge is 0.480 e. The predicted molar refractivity (Wildman–Crippen MR) is 147 cm³/mol. The second-order valence-electron chi connectivity index (χ2n) is 9.01. The lowest BCUT2D eigenvalue weighted by atomic mass is 10.1. The molecule has 0 spiro atoms. The summed E-state index contributed by atoms with van der Waals surface area (Å²) in [7, 11) is -0.659. The van der Waals surface area contributed by atoms with Crippen LogP contribution in [0.1, 0.15) is 21.5 Å². The number of para-hydroxylation sites is 1. The highest BCUT2D eigenvalue weighted by molar-refractivity contribution is 7.92. The van der Waals surface area contributed by atoms with Gasteiger partial charge in [-0.2, -0.15) is 0 Å². The number of aryl methyl sites for hydroxylation is 2. The number of pyridine rings is 1. The van der Waals surface area contributed by atoms with Gasteiger partial charge in [0.1, 0.15) is 0 Å². The molecular formula is C26H30ClN5O4S. The first-order valence-corrected chi connectivity index (χ1v) is 13.6. The molecule has 0 unspecified atom stereocenters. The Morgan fingerprint density at radius 3 is 2.35 bits per heavy atom. The molecule has 1 saturated heterocycles. The summed E-state index contributed by atoms with van der Waals surface area (Å²) in [6.07, 6.45) is 1.33. The third kappa shape index (κ3) is 5.98. The Hall–Kier alpha value is -3.34. The number of aromatic nitrogens is 1. The van der Waals surface area contributed by atoms with Crippen molar-refractivity contribution in [1.29, 1.82) is 0 Å². The Morgan fingerprint density at radius 1 is 1.05 bits per heavy atom. The number of ether oxygens (including phenoxy) is 1. The minimum absolute atomic E-state index is 0.0914. The van der Waals surface area contributed by atoms with E-state index in [1.807, 2.05) is 38.1 Å². The van der Waals surface area contributed by atoms with E-state index in [1.54, 1.807) is 12.1 Å². The standard InChI is InChI=1S/C26H30ClN5O4S/c1-17-6-5-7-18(2)24(17)30-37(34,35)23-14-19(16-28-26(23)36-4)29-25(33)21-9-8-20(15-22(21)27)32-12-10-31(3)11-13-32/h5-9,14-16,30H,10-13H2,1-4H3,(H,29,33). The molecule has 0 radical (unpaired) electrons. The van der Waals surface area contributed by atoms with E-state index in [-0.39, 0.29) is 22.0 Å². The predicted octanol–water partition coefficient (Wildman–Crippen LogP) is 4.17. The molecule has 2 aromatic carbocycles.